The van der Waals surface area contributed by atoms with E-state index in [1.54, 1.807) is 11.0 Å². The second-order valence-corrected chi connectivity index (χ2v) is 4.88. The minimum absolute atomic E-state index is 0.0558. The molecule has 1 aliphatic rings. The van der Waals surface area contributed by atoms with Crippen LogP contribution < -0.4 is 0 Å². The average Bonchev–Trinajstić information content (AvgIpc) is 3.05. The van der Waals surface area contributed by atoms with E-state index in [9.17, 15) is 19.7 Å². The van der Waals surface area contributed by atoms with E-state index in [1.807, 2.05) is 0 Å². The standard InChI is InChI=1S/C15H16N2O5/c18-14(16-8-1-2-9-16)11-22-15(19)7-6-12-4-3-5-13(10-12)17(20)21/h3-7,10H,1-2,8-9,11H2/b7-6+. The maximum absolute atomic E-state index is 11.7. The Morgan fingerprint density at radius 2 is 2.05 bits per heavy atom. The average molecular weight is 304 g/mol. The van der Waals surface area contributed by atoms with Crippen LogP contribution in [0.25, 0.3) is 6.08 Å². The summed E-state index contributed by atoms with van der Waals surface area (Å²) >= 11 is 0. The monoisotopic (exact) mass is 304 g/mol. The molecule has 0 N–H and O–H groups in total. The number of nitro benzene ring substituents is 1. The van der Waals surface area contributed by atoms with Gasteiger partial charge in [0.05, 0.1) is 4.92 Å². The van der Waals surface area contributed by atoms with Crippen LogP contribution in [-0.4, -0.2) is 41.4 Å². The highest BCUT2D eigenvalue weighted by Crippen LogP contribution is 2.14. The second kappa shape index (κ2) is 7.35. The topological polar surface area (TPSA) is 89.7 Å². The second-order valence-electron chi connectivity index (χ2n) is 4.88. The third-order valence-corrected chi connectivity index (χ3v) is 3.29. The van der Waals surface area contributed by atoms with E-state index >= 15 is 0 Å². The van der Waals surface area contributed by atoms with Gasteiger partial charge in [0.2, 0.25) is 0 Å². The third-order valence-electron chi connectivity index (χ3n) is 3.29. The Morgan fingerprint density at radius 3 is 2.73 bits per heavy atom. The molecule has 2 rings (SSSR count). The van der Waals surface area contributed by atoms with Gasteiger partial charge in [-0.1, -0.05) is 12.1 Å². The van der Waals surface area contributed by atoms with Gasteiger partial charge >= 0.3 is 5.97 Å². The van der Waals surface area contributed by atoms with Gasteiger partial charge in [-0.15, -0.1) is 0 Å². The summed E-state index contributed by atoms with van der Waals surface area (Å²) in [6, 6.07) is 5.87. The molecule has 1 aromatic rings. The zero-order valence-corrected chi connectivity index (χ0v) is 11.9. The Kier molecular flexibility index (Phi) is 5.24. The van der Waals surface area contributed by atoms with Crippen molar-refractivity contribution in [3.05, 3.63) is 46.0 Å². The number of esters is 1. The van der Waals surface area contributed by atoms with Crippen LogP contribution in [0.1, 0.15) is 18.4 Å². The number of carbonyl (C=O) groups excluding carboxylic acids is 2. The Balaban J connectivity index is 1.84. The van der Waals surface area contributed by atoms with Crippen LogP contribution in [0.2, 0.25) is 0 Å². The molecule has 0 aromatic heterocycles. The molecule has 0 saturated carbocycles. The van der Waals surface area contributed by atoms with Crippen molar-refractivity contribution >= 4 is 23.6 Å². The molecule has 0 unspecified atom stereocenters. The van der Waals surface area contributed by atoms with Gasteiger partial charge in [0.1, 0.15) is 0 Å². The Morgan fingerprint density at radius 1 is 1.32 bits per heavy atom. The lowest BCUT2D eigenvalue weighted by atomic mass is 10.2. The van der Waals surface area contributed by atoms with Crippen molar-refractivity contribution in [1.82, 2.24) is 4.90 Å². The van der Waals surface area contributed by atoms with Crippen LogP contribution in [0.15, 0.2) is 30.3 Å². The van der Waals surface area contributed by atoms with Gasteiger partial charge in [0.15, 0.2) is 6.61 Å². The van der Waals surface area contributed by atoms with Crippen LogP contribution in [0, 0.1) is 10.1 Å². The maximum Gasteiger partial charge on any atom is 0.331 e. The van der Waals surface area contributed by atoms with Crippen molar-refractivity contribution in [3.63, 3.8) is 0 Å². The van der Waals surface area contributed by atoms with Crippen molar-refractivity contribution in [2.45, 2.75) is 12.8 Å². The minimum Gasteiger partial charge on any atom is -0.452 e. The fraction of sp³-hybridized carbons (Fsp3) is 0.333. The number of benzene rings is 1. The van der Waals surface area contributed by atoms with Crippen molar-refractivity contribution in [3.8, 4) is 0 Å². The summed E-state index contributed by atoms with van der Waals surface area (Å²) in [5.74, 6) is -0.853. The number of hydrogen-bond donors (Lipinski definition) is 0. The SMILES string of the molecule is O=C(/C=C/c1cccc([N+](=O)[O-])c1)OCC(=O)N1CCCC1. The molecular formula is C15H16N2O5. The predicted octanol–water partition coefficient (Wildman–Crippen LogP) is 1.77. The van der Waals surface area contributed by atoms with Crippen molar-refractivity contribution < 1.29 is 19.2 Å². The fourth-order valence-electron chi connectivity index (χ4n) is 2.15. The number of nitro groups is 1. The van der Waals surface area contributed by atoms with E-state index in [1.165, 1.54) is 24.3 Å². The minimum atomic E-state index is -0.654. The van der Waals surface area contributed by atoms with E-state index in [0.717, 1.165) is 18.9 Å². The number of rotatable bonds is 5. The zero-order valence-electron chi connectivity index (χ0n) is 11.9. The molecule has 116 valence electrons. The summed E-state index contributed by atoms with van der Waals surface area (Å²) in [6.07, 6.45) is 4.52. The third kappa shape index (κ3) is 4.41. The molecule has 7 heteroatoms. The van der Waals surface area contributed by atoms with Gasteiger partial charge < -0.3 is 9.64 Å². The molecule has 0 aliphatic carbocycles. The van der Waals surface area contributed by atoms with Crippen molar-refractivity contribution in [2.75, 3.05) is 19.7 Å². The van der Waals surface area contributed by atoms with Gasteiger partial charge in [0, 0.05) is 31.3 Å². The summed E-state index contributed by atoms with van der Waals surface area (Å²) in [7, 11) is 0. The van der Waals surface area contributed by atoms with E-state index < -0.39 is 10.9 Å². The van der Waals surface area contributed by atoms with Crippen LogP contribution in [0.3, 0.4) is 0 Å². The zero-order chi connectivity index (χ0) is 15.9. The number of nitrogens with zero attached hydrogens (tertiary/aromatic N) is 2. The molecule has 1 fully saturated rings. The largest absolute Gasteiger partial charge is 0.452 e. The van der Waals surface area contributed by atoms with E-state index in [-0.39, 0.29) is 18.2 Å². The molecule has 1 aromatic carbocycles. The lowest BCUT2D eigenvalue weighted by Crippen LogP contribution is -2.31. The molecule has 0 spiro atoms. The van der Waals surface area contributed by atoms with Gasteiger partial charge in [-0.05, 0) is 24.5 Å². The van der Waals surface area contributed by atoms with E-state index in [4.69, 9.17) is 4.74 Å². The summed E-state index contributed by atoms with van der Waals surface area (Å²) in [6.45, 7) is 1.14. The van der Waals surface area contributed by atoms with Gasteiger partial charge in [-0.25, -0.2) is 4.79 Å². The first kappa shape index (κ1) is 15.7. The molecule has 1 amide bonds. The molecule has 7 nitrogen and oxygen atoms in total. The first-order chi connectivity index (χ1) is 10.6. The first-order valence-electron chi connectivity index (χ1n) is 6.93. The molecule has 0 radical (unpaired) electrons. The molecule has 1 saturated heterocycles. The van der Waals surface area contributed by atoms with Crippen molar-refractivity contribution in [1.29, 1.82) is 0 Å². The lowest BCUT2D eigenvalue weighted by molar-refractivity contribution is -0.384. The quantitative estimate of drug-likeness (QED) is 0.358. The van der Waals surface area contributed by atoms with Crippen molar-refractivity contribution in [2.24, 2.45) is 0 Å². The molecule has 0 atom stereocenters. The molecule has 1 aliphatic heterocycles. The smallest absolute Gasteiger partial charge is 0.331 e. The summed E-state index contributed by atoms with van der Waals surface area (Å²) < 4.78 is 4.86. The summed E-state index contributed by atoms with van der Waals surface area (Å²) in [4.78, 5) is 35.0. The molecular weight excluding hydrogens is 288 g/mol. The number of hydrogen-bond acceptors (Lipinski definition) is 5. The fourth-order valence-corrected chi connectivity index (χ4v) is 2.15. The highest BCUT2D eigenvalue weighted by Gasteiger charge is 2.18. The van der Waals surface area contributed by atoms with Crippen LogP contribution in [0.5, 0.6) is 0 Å². The number of amides is 1. The lowest BCUT2D eigenvalue weighted by Gasteiger charge is -2.14. The molecule has 1 heterocycles. The normalized spacial score (nSPS) is 14.3. The van der Waals surface area contributed by atoms with Gasteiger partial charge in [-0.2, -0.15) is 0 Å². The number of likely N-dealkylation sites (tertiary alicyclic amines) is 1. The maximum atomic E-state index is 11.7. The summed E-state index contributed by atoms with van der Waals surface area (Å²) in [5.41, 5.74) is 0.455. The Hall–Kier alpha value is -2.70. The Bertz CT molecular complexity index is 606. The highest BCUT2D eigenvalue weighted by molar-refractivity contribution is 5.89. The van der Waals surface area contributed by atoms with E-state index in [2.05, 4.69) is 0 Å². The predicted molar refractivity (Wildman–Crippen MR) is 78.9 cm³/mol. The Labute approximate surface area is 127 Å². The number of carbonyl (C=O) groups is 2. The van der Waals surface area contributed by atoms with Gasteiger partial charge in [-0.3, -0.25) is 14.9 Å². The number of ether oxygens (including phenoxy) is 1. The van der Waals surface area contributed by atoms with Crippen LogP contribution >= 0.6 is 0 Å². The molecule has 0 bridgehead atoms. The number of non-ortho nitro benzene ring substituents is 1. The first-order valence-corrected chi connectivity index (χ1v) is 6.93. The molecule has 22 heavy (non-hydrogen) atoms. The van der Waals surface area contributed by atoms with E-state index in [0.29, 0.717) is 18.7 Å². The van der Waals surface area contributed by atoms with Gasteiger partial charge in [0.25, 0.3) is 11.6 Å². The van der Waals surface area contributed by atoms with Crippen LogP contribution in [-0.2, 0) is 14.3 Å². The summed E-state index contributed by atoms with van der Waals surface area (Å²) in [5, 5.41) is 10.6. The van der Waals surface area contributed by atoms with Crippen LogP contribution in [0.4, 0.5) is 5.69 Å². The highest BCUT2D eigenvalue weighted by atomic mass is 16.6.